The molecule has 1 unspecified atom stereocenters. The summed E-state index contributed by atoms with van der Waals surface area (Å²) in [5.41, 5.74) is 7.08. The normalized spacial score (nSPS) is 12.4. The summed E-state index contributed by atoms with van der Waals surface area (Å²) >= 11 is 0. The maximum absolute atomic E-state index is 12.1. The minimum Gasteiger partial charge on any atom is -0.423 e. The van der Waals surface area contributed by atoms with Crippen molar-refractivity contribution in [2.45, 2.75) is 13.8 Å². The van der Waals surface area contributed by atoms with Crippen molar-refractivity contribution in [2.24, 2.45) is 17.6 Å². The lowest BCUT2D eigenvalue weighted by molar-refractivity contribution is -0.120. The smallest absolute Gasteiger partial charge is 0.247 e. The first kappa shape index (κ1) is 14.2. The lowest BCUT2D eigenvalue weighted by Crippen LogP contribution is -2.33. The molecule has 1 heterocycles. The van der Waals surface area contributed by atoms with Crippen LogP contribution in [0.2, 0.25) is 0 Å². The predicted molar refractivity (Wildman–Crippen MR) is 75.7 cm³/mol. The lowest BCUT2D eigenvalue weighted by atomic mass is 9.95. The van der Waals surface area contributed by atoms with Crippen LogP contribution in [-0.4, -0.2) is 22.6 Å². The number of carbonyl (C=O) groups excluding carboxylic acids is 1. The highest BCUT2D eigenvalue weighted by atomic mass is 16.4. The van der Waals surface area contributed by atoms with Crippen molar-refractivity contribution in [2.75, 3.05) is 11.9 Å². The van der Waals surface area contributed by atoms with E-state index in [9.17, 15) is 4.79 Å². The predicted octanol–water partition coefficient (Wildman–Crippen LogP) is 1.91. The Kier molecular flexibility index (Phi) is 4.47. The van der Waals surface area contributed by atoms with E-state index in [0.29, 0.717) is 18.1 Å². The highest BCUT2D eigenvalue weighted by Gasteiger charge is 2.20. The molecule has 2 rings (SSSR count). The van der Waals surface area contributed by atoms with Crippen molar-refractivity contribution in [1.82, 2.24) is 10.2 Å². The number of carbonyl (C=O) groups is 1. The van der Waals surface area contributed by atoms with Gasteiger partial charge in [-0.2, -0.15) is 0 Å². The minimum absolute atomic E-state index is 0.0785. The molecular weight excluding hydrogens is 256 g/mol. The van der Waals surface area contributed by atoms with Crippen LogP contribution in [0.1, 0.15) is 13.8 Å². The molecule has 0 saturated carbocycles. The van der Waals surface area contributed by atoms with E-state index in [-0.39, 0.29) is 17.7 Å². The summed E-state index contributed by atoms with van der Waals surface area (Å²) in [6, 6.07) is 7.26. The van der Waals surface area contributed by atoms with Crippen molar-refractivity contribution < 1.29 is 9.21 Å². The standard InChI is InChI=1S/C14H18N4O2/c1-9(2)12(7-15)13(19)17-11-5-3-4-10(6-11)14-18-16-8-20-14/h3-6,8-9,12H,7,15H2,1-2H3,(H,17,19). The second-order valence-corrected chi connectivity index (χ2v) is 4.90. The number of benzene rings is 1. The number of hydrogen-bond acceptors (Lipinski definition) is 5. The fourth-order valence-corrected chi connectivity index (χ4v) is 1.95. The van der Waals surface area contributed by atoms with Crippen LogP contribution in [0, 0.1) is 11.8 Å². The van der Waals surface area contributed by atoms with Crippen LogP contribution in [-0.2, 0) is 4.79 Å². The quantitative estimate of drug-likeness (QED) is 0.868. The van der Waals surface area contributed by atoms with Crippen molar-refractivity contribution in [3.05, 3.63) is 30.7 Å². The highest BCUT2D eigenvalue weighted by Crippen LogP contribution is 2.21. The molecule has 6 nitrogen and oxygen atoms in total. The molecule has 1 amide bonds. The first-order chi connectivity index (χ1) is 9.61. The van der Waals surface area contributed by atoms with E-state index in [1.54, 1.807) is 6.07 Å². The second-order valence-electron chi connectivity index (χ2n) is 4.90. The molecule has 0 aliphatic heterocycles. The van der Waals surface area contributed by atoms with Gasteiger partial charge in [0.1, 0.15) is 0 Å². The van der Waals surface area contributed by atoms with Gasteiger partial charge in [0.25, 0.3) is 0 Å². The second kappa shape index (κ2) is 6.29. The van der Waals surface area contributed by atoms with Crippen LogP contribution in [0.15, 0.2) is 35.1 Å². The number of rotatable bonds is 5. The Balaban J connectivity index is 2.14. The van der Waals surface area contributed by atoms with Gasteiger partial charge in [0.15, 0.2) is 0 Å². The van der Waals surface area contributed by atoms with Crippen LogP contribution in [0.3, 0.4) is 0 Å². The third-order valence-corrected chi connectivity index (χ3v) is 3.13. The third-order valence-electron chi connectivity index (χ3n) is 3.13. The molecule has 3 N–H and O–H groups in total. The van der Waals surface area contributed by atoms with E-state index in [0.717, 1.165) is 5.56 Å². The molecule has 106 valence electrons. The van der Waals surface area contributed by atoms with Gasteiger partial charge < -0.3 is 15.5 Å². The van der Waals surface area contributed by atoms with E-state index < -0.39 is 0 Å². The average molecular weight is 274 g/mol. The summed E-state index contributed by atoms with van der Waals surface area (Å²) in [4.78, 5) is 12.1. The number of hydrogen-bond donors (Lipinski definition) is 2. The number of nitrogens with two attached hydrogens (primary N) is 1. The number of nitrogens with one attached hydrogen (secondary N) is 1. The minimum atomic E-state index is -0.206. The highest BCUT2D eigenvalue weighted by molar-refractivity contribution is 5.93. The number of nitrogens with zero attached hydrogens (tertiary/aromatic N) is 2. The van der Waals surface area contributed by atoms with Gasteiger partial charge in [-0.3, -0.25) is 4.79 Å². The van der Waals surface area contributed by atoms with E-state index in [2.05, 4.69) is 15.5 Å². The number of amides is 1. The Hall–Kier alpha value is -2.21. The zero-order chi connectivity index (χ0) is 14.5. The van der Waals surface area contributed by atoms with Crippen molar-refractivity contribution in [1.29, 1.82) is 0 Å². The Morgan fingerprint density at radius 2 is 2.25 bits per heavy atom. The fourth-order valence-electron chi connectivity index (χ4n) is 1.95. The van der Waals surface area contributed by atoms with Crippen LogP contribution in [0.25, 0.3) is 11.5 Å². The molecule has 0 bridgehead atoms. The zero-order valence-electron chi connectivity index (χ0n) is 11.5. The molecule has 6 heteroatoms. The summed E-state index contributed by atoms with van der Waals surface area (Å²) in [7, 11) is 0. The van der Waals surface area contributed by atoms with Gasteiger partial charge in [0.05, 0.1) is 5.92 Å². The van der Waals surface area contributed by atoms with Gasteiger partial charge in [-0.1, -0.05) is 19.9 Å². The molecule has 1 aromatic heterocycles. The first-order valence-corrected chi connectivity index (χ1v) is 6.49. The topological polar surface area (TPSA) is 94.0 Å². The summed E-state index contributed by atoms with van der Waals surface area (Å²) in [6.45, 7) is 4.28. The SMILES string of the molecule is CC(C)C(CN)C(=O)Nc1cccc(-c2nnco2)c1. The van der Waals surface area contributed by atoms with Gasteiger partial charge in [0, 0.05) is 17.8 Å². The van der Waals surface area contributed by atoms with Gasteiger partial charge >= 0.3 is 0 Å². The van der Waals surface area contributed by atoms with Crippen LogP contribution in [0.4, 0.5) is 5.69 Å². The number of aromatic nitrogens is 2. The summed E-state index contributed by atoms with van der Waals surface area (Å²) in [6.07, 6.45) is 1.27. The molecule has 0 radical (unpaired) electrons. The lowest BCUT2D eigenvalue weighted by Gasteiger charge is -2.18. The summed E-state index contributed by atoms with van der Waals surface area (Å²) in [5, 5.41) is 10.3. The fraction of sp³-hybridized carbons (Fsp3) is 0.357. The third kappa shape index (κ3) is 3.21. The summed E-state index contributed by atoms with van der Waals surface area (Å²) in [5.74, 6) is 0.326. The summed E-state index contributed by atoms with van der Waals surface area (Å²) < 4.78 is 5.13. The van der Waals surface area contributed by atoms with Gasteiger partial charge in [-0.25, -0.2) is 0 Å². The van der Waals surface area contributed by atoms with Gasteiger partial charge in [-0.05, 0) is 24.1 Å². The number of anilines is 1. The van der Waals surface area contributed by atoms with Crippen LogP contribution in [0.5, 0.6) is 0 Å². The molecule has 0 aliphatic rings. The molecule has 0 aliphatic carbocycles. The first-order valence-electron chi connectivity index (χ1n) is 6.49. The van der Waals surface area contributed by atoms with E-state index >= 15 is 0 Å². The molecule has 0 spiro atoms. The Bertz CT molecular complexity index is 566. The van der Waals surface area contributed by atoms with E-state index in [4.69, 9.17) is 10.2 Å². The van der Waals surface area contributed by atoms with E-state index in [1.165, 1.54) is 6.39 Å². The van der Waals surface area contributed by atoms with Crippen molar-refractivity contribution >= 4 is 11.6 Å². The van der Waals surface area contributed by atoms with E-state index in [1.807, 2.05) is 32.0 Å². The van der Waals surface area contributed by atoms with Crippen molar-refractivity contribution in [3.63, 3.8) is 0 Å². The Labute approximate surface area is 117 Å². The molecule has 1 atom stereocenters. The molecule has 0 fully saturated rings. The molecule has 20 heavy (non-hydrogen) atoms. The maximum Gasteiger partial charge on any atom is 0.247 e. The molecule has 0 saturated heterocycles. The molecular formula is C14H18N4O2. The monoisotopic (exact) mass is 274 g/mol. The Morgan fingerprint density at radius 3 is 2.85 bits per heavy atom. The van der Waals surface area contributed by atoms with Crippen LogP contribution >= 0.6 is 0 Å². The average Bonchev–Trinajstić information content (AvgIpc) is 2.93. The molecule has 1 aromatic carbocycles. The Morgan fingerprint density at radius 1 is 1.45 bits per heavy atom. The zero-order valence-corrected chi connectivity index (χ0v) is 11.5. The molecule has 2 aromatic rings. The van der Waals surface area contributed by atoms with Crippen LogP contribution < -0.4 is 11.1 Å². The van der Waals surface area contributed by atoms with Gasteiger partial charge in [-0.15, -0.1) is 10.2 Å². The largest absolute Gasteiger partial charge is 0.423 e. The van der Waals surface area contributed by atoms with Crippen molar-refractivity contribution in [3.8, 4) is 11.5 Å². The maximum atomic E-state index is 12.1. The van der Waals surface area contributed by atoms with Gasteiger partial charge in [0.2, 0.25) is 18.2 Å².